The minimum atomic E-state index is -0.711. The molecule has 0 fully saturated rings. The maximum atomic E-state index is 9.60. The molecule has 4 N–H and O–H groups in total. The van der Waals surface area contributed by atoms with Gasteiger partial charge in [0.2, 0.25) is 0 Å². The average Bonchev–Trinajstić information content (AvgIpc) is 2.15. The van der Waals surface area contributed by atoms with Gasteiger partial charge < -0.3 is 20.4 Å². The van der Waals surface area contributed by atoms with Gasteiger partial charge >= 0.3 is 11.9 Å². The Kier molecular flexibility index (Phi) is 43.5. The summed E-state index contributed by atoms with van der Waals surface area (Å²) in [5.74, 6) is -1.42. The summed E-state index contributed by atoms with van der Waals surface area (Å²) in [6.07, 6.45) is 1.71. The molecule has 128 valence electrons. The first kappa shape index (κ1) is 32.6. The van der Waals surface area contributed by atoms with E-state index in [4.69, 9.17) is 20.4 Å². The molecular weight excluding hydrogens is 355 g/mol. The number of carboxylic acids is 2. The Hall–Kier alpha value is -0.257. The molecule has 0 amide bonds. The fourth-order valence-corrected chi connectivity index (χ4v) is 0.428. The first-order chi connectivity index (χ1) is 9.00. The van der Waals surface area contributed by atoms with Crippen LogP contribution in [0.2, 0.25) is 0 Å². The summed E-state index contributed by atoms with van der Waals surface area (Å²) in [7, 11) is 0. The summed E-state index contributed by atoms with van der Waals surface area (Å²) in [6, 6.07) is 0. The smallest absolute Gasteiger partial charge is 0.303 e. The average molecular weight is 388 g/mol. The second-order valence-electron chi connectivity index (χ2n) is 4.47. The zero-order valence-corrected chi connectivity index (χ0v) is 16.5. The van der Waals surface area contributed by atoms with Crippen LogP contribution >= 0.6 is 0 Å². The Morgan fingerprint density at radius 1 is 0.762 bits per heavy atom. The molecule has 6 nitrogen and oxygen atoms in total. The maximum absolute atomic E-state index is 9.60. The third-order valence-corrected chi connectivity index (χ3v) is 0.928. The first-order valence-electron chi connectivity index (χ1n) is 6.80. The third kappa shape index (κ3) is 188. The van der Waals surface area contributed by atoms with E-state index in [0.717, 1.165) is 12.8 Å². The standard InChI is InChI=1S/2C4H8O2.2C3H8O.Zr/c2*1-2-3-4(5)6;2*1-3(2)4;/h2*2-3H2,1H3,(H,5,6);2*3-4H,1-2H3;. The molecule has 0 aromatic heterocycles. The van der Waals surface area contributed by atoms with Gasteiger partial charge in [0, 0.05) is 51.3 Å². The van der Waals surface area contributed by atoms with Gasteiger partial charge in [0.15, 0.2) is 0 Å². The van der Waals surface area contributed by atoms with Crippen molar-refractivity contribution >= 4 is 11.9 Å². The number of carboxylic acid groups (broad SMARTS) is 2. The van der Waals surface area contributed by atoms with Crippen molar-refractivity contribution in [1.29, 1.82) is 0 Å². The van der Waals surface area contributed by atoms with Crippen molar-refractivity contribution in [1.82, 2.24) is 0 Å². The van der Waals surface area contributed by atoms with Crippen molar-refractivity contribution in [3.63, 3.8) is 0 Å². The van der Waals surface area contributed by atoms with Crippen LogP contribution < -0.4 is 0 Å². The van der Waals surface area contributed by atoms with Crippen LogP contribution in [0.1, 0.15) is 67.2 Å². The summed E-state index contributed by atoms with van der Waals surface area (Å²) < 4.78 is 0. The molecule has 0 atom stereocenters. The molecule has 0 heterocycles. The van der Waals surface area contributed by atoms with Crippen LogP contribution in [0.4, 0.5) is 0 Å². The van der Waals surface area contributed by atoms with Crippen LogP contribution in [0.5, 0.6) is 0 Å². The van der Waals surface area contributed by atoms with Gasteiger partial charge in [-0.05, 0) is 40.5 Å². The van der Waals surface area contributed by atoms with Crippen LogP contribution in [0, 0.1) is 0 Å². The Bertz CT molecular complexity index is 180. The Labute approximate surface area is 147 Å². The monoisotopic (exact) mass is 386 g/mol. The Balaban J connectivity index is -0.0000000544. The second kappa shape index (κ2) is 28.0. The minimum absolute atomic E-state index is 0. The van der Waals surface area contributed by atoms with Crippen molar-refractivity contribution < 1.29 is 56.2 Å². The van der Waals surface area contributed by atoms with Gasteiger partial charge in [-0.15, -0.1) is 0 Å². The van der Waals surface area contributed by atoms with Crippen LogP contribution in [-0.4, -0.2) is 44.6 Å². The largest absolute Gasteiger partial charge is 0.481 e. The van der Waals surface area contributed by atoms with E-state index >= 15 is 0 Å². The van der Waals surface area contributed by atoms with Crippen molar-refractivity contribution in [2.24, 2.45) is 0 Å². The maximum Gasteiger partial charge on any atom is 0.303 e. The van der Waals surface area contributed by atoms with Gasteiger partial charge in [-0.3, -0.25) is 9.59 Å². The van der Waals surface area contributed by atoms with Gasteiger partial charge in [0.25, 0.3) is 0 Å². The fraction of sp³-hybridized carbons (Fsp3) is 0.857. The van der Waals surface area contributed by atoms with Gasteiger partial charge in [-0.25, -0.2) is 0 Å². The zero-order valence-electron chi connectivity index (χ0n) is 14.1. The minimum Gasteiger partial charge on any atom is -0.481 e. The van der Waals surface area contributed by atoms with Gasteiger partial charge in [-0.2, -0.15) is 0 Å². The summed E-state index contributed by atoms with van der Waals surface area (Å²) in [6.45, 7) is 10.6. The number of aliphatic hydroxyl groups excluding tert-OH is 2. The molecule has 0 radical (unpaired) electrons. The number of hydrogen-bond donors (Lipinski definition) is 4. The molecule has 0 spiro atoms. The molecule has 0 rings (SSSR count). The summed E-state index contributed by atoms with van der Waals surface area (Å²) >= 11 is 0. The molecule has 0 unspecified atom stereocenters. The van der Waals surface area contributed by atoms with E-state index in [1.807, 2.05) is 13.8 Å². The molecule has 0 saturated carbocycles. The fourth-order valence-electron chi connectivity index (χ4n) is 0.428. The van der Waals surface area contributed by atoms with Crippen molar-refractivity contribution in [3.8, 4) is 0 Å². The van der Waals surface area contributed by atoms with E-state index in [1.54, 1.807) is 27.7 Å². The Morgan fingerprint density at radius 3 is 0.905 bits per heavy atom. The van der Waals surface area contributed by atoms with E-state index < -0.39 is 11.9 Å². The molecule has 0 saturated heterocycles. The van der Waals surface area contributed by atoms with E-state index in [-0.39, 0.29) is 38.4 Å². The van der Waals surface area contributed by atoms with Crippen LogP contribution in [0.15, 0.2) is 0 Å². The van der Waals surface area contributed by atoms with Crippen LogP contribution in [0.3, 0.4) is 0 Å². The molecular formula is C14H32O6Zr. The SMILES string of the molecule is CC(C)O.CC(C)O.CCCC(=O)O.CCCC(=O)O.[Zr]. The molecule has 21 heavy (non-hydrogen) atoms. The van der Waals surface area contributed by atoms with Gasteiger partial charge in [0.1, 0.15) is 0 Å². The molecule has 0 aliphatic carbocycles. The second-order valence-corrected chi connectivity index (χ2v) is 4.47. The van der Waals surface area contributed by atoms with Crippen molar-refractivity contribution in [2.75, 3.05) is 0 Å². The van der Waals surface area contributed by atoms with Crippen molar-refractivity contribution in [3.05, 3.63) is 0 Å². The molecule has 0 aromatic rings. The van der Waals surface area contributed by atoms with Crippen molar-refractivity contribution in [2.45, 2.75) is 79.4 Å². The molecule has 7 heteroatoms. The van der Waals surface area contributed by atoms with E-state index in [2.05, 4.69) is 0 Å². The third-order valence-electron chi connectivity index (χ3n) is 0.928. The number of aliphatic hydroxyl groups is 2. The number of hydrogen-bond acceptors (Lipinski definition) is 4. The molecule has 0 bridgehead atoms. The predicted molar refractivity (Wildman–Crippen MR) is 79.8 cm³/mol. The van der Waals surface area contributed by atoms with E-state index in [0.29, 0.717) is 12.8 Å². The molecule has 0 aromatic carbocycles. The predicted octanol–water partition coefficient (Wildman–Crippen LogP) is 2.51. The summed E-state index contributed by atoms with van der Waals surface area (Å²) in [5.41, 5.74) is 0. The van der Waals surface area contributed by atoms with E-state index in [1.165, 1.54) is 0 Å². The molecule has 0 aliphatic rings. The van der Waals surface area contributed by atoms with Gasteiger partial charge in [-0.1, -0.05) is 13.8 Å². The van der Waals surface area contributed by atoms with E-state index in [9.17, 15) is 9.59 Å². The quantitative estimate of drug-likeness (QED) is 0.589. The first-order valence-corrected chi connectivity index (χ1v) is 6.80. The van der Waals surface area contributed by atoms with Crippen LogP contribution in [-0.2, 0) is 35.8 Å². The molecule has 0 aliphatic heterocycles. The summed E-state index contributed by atoms with van der Waals surface area (Å²) in [5, 5.41) is 31.9. The number of carbonyl (C=O) groups is 2. The van der Waals surface area contributed by atoms with Crippen LogP contribution in [0.25, 0.3) is 0 Å². The Morgan fingerprint density at radius 2 is 0.905 bits per heavy atom. The summed E-state index contributed by atoms with van der Waals surface area (Å²) in [4.78, 5) is 19.2. The topological polar surface area (TPSA) is 115 Å². The number of aliphatic carboxylic acids is 2. The zero-order chi connectivity index (χ0) is 17.1. The van der Waals surface area contributed by atoms with Gasteiger partial charge in [0.05, 0.1) is 0 Å². The normalized spacial score (nSPS) is 8.10. The number of rotatable bonds is 4.